The molecule has 0 aliphatic heterocycles. The molecule has 2 nitrogen and oxygen atoms in total. The summed E-state index contributed by atoms with van der Waals surface area (Å²) in [7, 11) is 0. The van der Waals surface area contributed by atoms with Crippen LogP contribution in [0.4, 0.5) is 4.39 Å². The maximum absolute atomic E-state index is 13.2. The molecule has 0 radical (unpaired) electrons. The number of rotatable bonds is 2. The van der Waals surface area contributed by atoms with Gasteiger partial charge in [-0.15, -0.1) is 0 Å². The van der Waals surface area contributed by atoms with Crippen LogP contribution in [0, 0.1) is 12.7 Å². The zero-order valence-corrected chi connectivity index (χ0v) is 9.03. The van der Waals surface area contributed by atoms with Crippen LogP contribution >= 0.6 is 0 Å². The van der Waals surface area contributed by atoms with Crippen LogP contribution in [0.5, 0.6) is 0 Å². The molecule has 1 fully saturated rings. The Bertz CT molecular complexity index is 528. The molecule has 82 valence electrons. The molecule has 3 heteroatoms. The molecule has 0 amide bonds. The molecule has 0 spiro atoms. The van der Waals surface area contributed by atoms with E-state index in [4.69, 9.17) is 4.52 Å². The molecule has 1 heterocycles. The molecule has 1 aromatic carbocycles. The predicted octanol–water partition coefficient (Wildman–Crippen LogP) is 3.67. The Morgan fingerprint density at radius 2 is 2.19 bits per heavy atom. The third kappa shape index (κ3) is 1.52. The van der Waals surface area contributed by atoms with Crippen LogP contribution in [-0.4, -0.2) is 5.16 Å². The van der Waals surface area contributed by atoms with E-state index >= 15 is 0 Å². The molecule has 0 bridgehead atoms. The molecule has 1 aliphatic carbocycles. The Hall–Kier alpha value is -1.64. The van der Waals surface area contributed by atoms with Crippen LogP contribution in [0.2, 0.25) is 0 Å². The number of aryl methyl sites for hydroxylation is 1. The van der Waals surface area contributed by atoms with E-state index in [0.29, 0.717) is 5.92 Å². The van der Waals surface area contributed by atoms with Gasteiger partial charge in [-0.1, -0.05) is 17.3 Å². The maximum atomic E-state index is 13.2. The highest BCUT2D eigenvalue weighted by molar-refractivity contribution is 5.68. The molecule has 0 saturated heterocycles. The molecule has 16 heavy (non-hydrogen) atoms. The molecule has 1 aliphatic rings. The van der Waals surface area contributed by atoms with Gasteiger partial charge in [-0.25, -0.2) is 4.39 Å². The van der Waals surface area contributed by atoms with Gasteiger partial charge in [0.1, 0.15) is 11.6 Å². The van der Waals surface area contributed by atoms with Crippen molar-refractivity contribution in [1.82, 2.24) is 5.16 Å². The summed E-state index contributed by atoms with van der Waals surface area (Å²) in [6, 6.07) is 6.59. The predicted molar refractivity (Wildman–Crippen MR) is 58.6 cm³/mol. The van der Waals surface area contributed by atoms with E-state index in [2.05, 4.69) is 5.16 Å². The first kappa shape index (κ1) is 9.58. The van der Waals surface area contributed by atoms with Crippen molar-refractivity contribution in [3.8, 4) is 11.1 Å². The standard InChI is InChI=1S/C13H12FNO/c1-8-12(10-3-2-4-11(14)7-10)13(16-15-8)9-5-6-9/h2-4,7,9H,5-6H2,1H3. The van der Waals surface area contributed by atoms with Crippen molar-refractivity contribution in [2.45, 2.75) is 25.7 Å². The Balaban J connectivity index is 2.14. The average molecular weight is 217 g/mol. The van der Waals surface area contributed by atoms with E-state index in [0.717, 1.165) is 35.4 Å². The molecule has 1 saturated carbocycles. The lowest BCUT2D eigenvalue weighted by Gasteiger charge is -2.01. The Morgan fingerprint density at radius 1 is 1.38 bits per heavy atom. The zero-order valence-electron chi connectivity index (χ0n) is 9.03. The summed E-state index contributed by atoms with van der Waals surface area (Å²) in [5.41, 5.74) is 2.68. The average Bonchev–Trinajstić information content (AvgIpc) is 3.02. The van der Waals surface area contributed by atoms with Gasteiger partial charge < -0.3 is 4.52 Å². The van der Waals surface area contributed by atoms with E-state index in [1.54, 1.807) is 6.07 Å². The second kappa shape index (κ2) is 3.44. The minimum Gasteiger partial charge on any atom is -0.360 e. The summed E-state index contributed by atoms with van der Waals surface area (Å²) >= 11 is 0. The number of benzene rings is 1. The summed E-state index contributed by atoms with van der Waals surface area (Å²) in [6.45, 7) is 1.90. The summed E-state index contributed by atoms with van der Waals surface area (Å²) in [4.78, 5) is 0. The van der Waals surface area contributed by atoms with E-state index < -0.39 is 0 Å². The minimum absolute atomic E-state index is 0.222. The first-order valence-corrected chi connectivity index (χ1v) is 5.48. The topological polar surface area (TPSA) is 26.0 Å². The minimum atomic E-state index is -0.222. The smallest absolute Gasteiger partial charge is 0.147 e. The summed E-state index contributed by atoms with van der Waals surface area (Å²) in [5.74, 6) is 1.18. The van der Waals surface area contributed by atoms with Crippen LogP contribution < -0.4 is 0 Å². The van der Waals surface area contributed by atoms with Crippen molar-refractivity contribution >= 4 is 0 Å². The Morgan fingerprint density at radius 3 is 2.88 bits per heavy atom. The molecule has 3 rings (SSSR count). The lowest BCUT2D eigenvalue weighted by Crippen LogP contribution is -1.85. The number of aromatic nitrogens is 1. The number of hydrogen-bond acceptors (Lipinski definition) is 2. The van der Waals surface area contributed by atoms with Crippen molar-refractivity contribution in [3.05, 3.63) is 41.5 Å². The molecule has 0 unspecified atom stereocenters. The summed E-state index contributed by atoms with van der Waals surface area (Å²) in [6.07, 6.45) is 2.30. The zero-order chi connectivity index (χ0) is 11.1. The first-order chi connectivity index (χ1) is 7.75. The summed E-state index contributed by atoms with van der Waals surface area (Å²) < 4.78 is 18.5. The van der Waals surface area contributed by atoms with E-state index in [1.807, 2.05) is 13.0 Å². The fourth-order valence-electron chi connectivity index (χ4n) is 2.01. The van der Waals surface area contributed by atoms with Crippen molar-refractivity contribution in [2.75, 3.05) is 0 Å². The maximum Gasteiger partial charge on any atom is 0.147 e. The highest BCUT2D eigenvalue weighted by atomic mass is 19.1. The van der Waals surface area contributed by atoms with Crippen molar-refractivity contribution in [3.63, 3.8) is 0 Å². The van der Waals surface area contributed by atoms with Gasteiger partial charge in [0.05, 0.1) is 5.69 Å². The highest BCUT2D eigenvalue weighted by Crippen LogP contribution is 2.45. The molecular weight excluding hydrogens is 205 g/mol. The van der Waals surface area contributed by atoms with E-state index in [1.165, 1.54) is 12.1 Å². The van der Waals surface area contributed by atoms with E-state index in [9.17, 15) is 4.39 Å². The van der Waals surface area contributed by atoms with Crippen molar-refractivity contribution in [1.29, 1.82) is 0 Å². The largest absolute Gasteiger partial charge is 0.360 e. The van der Waals surface area contributed by atoms with Crippen LogP contribution in [0.3, 0.4) is 0 Å². The number of halogens is 1. The van der Waals surface area contributed by atoms with Crippen LogP contribution in [0.15, 0.2) is 28.8 Å². The van der Waals surface area contributed by atoms with Crippen LogP contribution in [0.25, 0.3) is 11.1 Å². The van der Waals surface area contributed by atoms with Crippen molar-refractivity contribution in [2.24, 2.45) is 0 Å². The van der Waals surface area contributed by atoms with Gasteiger partial charge in [-0.2, -0.15) is 0 Å². The molecule has 1 aromatic heterocycles. The van der Waals surface area contributed by atoms with Crippen LogP contribution in [-0.2, 0) is 0 Å². The molecule has 0 N–H and O–H groups in total. The highest BCUT2D eigenvalue weighted by Gasteiger charge is 2.31. The lowest BCUT2D eigenvalue weighted by molar-refractivity contribution is 0.381. The van der Waals surface area contributed by atoms with Gasteiger partial charge in [0.2, 0.25) is 0 Å². The number of hydrogen-bond donors (Lipinski definition) is 0. The quantitative estimate of drug-likeness (QED) is 0.767. The molecular formula is C13H12FNO. The van der Waals surface area contributed by atoms with Gasteiger partial charge in [-0.05, 0) is 37.5 Å². The SMILES string of the molecule is Cc1noc(C2CC2)c1-c1cccc(F)c1. The van der Waals surface area contributed by atoms with Crippen LogP contribution in [0.1, 0.15) is 30.2 Å². The third-order valence-electron chi connectivity index (χ3n) is 2.95. The second-order valence-corrected chi connectivity index (χ2v) is 4.29. The van der Waals surface area contributed by atoms with Gasteiger partial charge >= 0.3 is 0 Å². The lowest BCUT2D eigenvalue weighted by atomic mass is 10.0. The fourth-order valence-corrected chi connectivity index (χ4v) is 2.01. The van der Waals surface area contributed by atoms with E-state index in [-0.39, 0.29) is 5.82 Å². The van der Waals surface area contributed by atoms with Gasteiger partial charge in [0.25, 0.3) is 0 Å². The first-order valence-electron chi connectivity index (χ1n) is 5.48. The van der Waals surface area contributed by atoms with Gasteiger partial charge in [0, 0.05) is 11.5 Å². The molecule has 2 aromatic rings. The third-order valence-corrected chi connectivity index (χ3v) is 2.95. The normalized spacial score (nSPS) is 15.4. The van der Waals surface area contributed by atoms with Gasteiger partial charge in [-0.3, -0.25) is 0 Å². The Labute approximate surface area is 93.1 Å². The van der Waals surface area contributed by atoms with Gasteiger partial charge in [0.15, 0.2) is 0 Å². The van der Waals surface area contributed by atoms with Crippen molar-refractivity contribution < 1.29 is 8.91 Å². The Kier molecular flexibility index (Phi) is 2.06. The number of nitrogens with zero attached hydrogens (tertiary/aromatic N) is 1. The monoisotopic (exact) mass is 217 g/mol. The fraction of sp³-hybridized carbons (Fsp3) is 0.308. The summed E-state index contributed by atoms with van der Waals surface area (Å²) in [5, 5.41) is 3.99. The second-order valence-electron chi connectivity index (χ2n) is 4.29. The molecule has 0 atom stereocenters.